The van der Waals surface area contributed by atoms with Gasteiger partial charge in [-0.2, -0.15) is 0 Å². The van der Waals surface area contributed by atoms with Crippen molar-refractivity contribution in [3.8, 4) is 11.8 Å². The van der Waals surface area contributed by atoms with E-state index in [2.05, 4.69) is 40.3 Å². The van der Waals surface area contributed by atoms with E-state index < -0.39 is 17.2 Å². The molecule has 7 heteroatoms. The van der Waals surface area contributed by atoms with Crippen LogP contribution in [0, 0.1) is 23.5 Å². The Morgan fingerprint density at radius 1 is 1.30 bits per heavy atom. The van der Waals surface area contributed by atoms with Gasteiger partial charge in [-0.1, -0.05) is 19.1 Å². The Kier molecular flexibility index (Phi) is 6.50. The number of aromatic nitrogens is 3. The second kappa shape index (κ2) is 9.25. The Morgan fingerprint density at radius 3 is 2.77 bits per heavy atom. The summed E-state index contributed by atoms with van der Waals surface area (Å²) in [7, 11) is 0. The predicted molar refractivity (Wildman–Crippen MR) is 114 cm³/mol. The van der Waals surface area contributed by atoms with Crippen molar-refractivity contribution in [2.24, 2.45) is 0 Å². The maximum absolute atomic E-state index is 13.6. The van der Waals surface area contributed by atoms with Gasteiger partial charge in [-0.15, -0.1) is 0 Å². The molecule has 152 valence electrons. The summed E-state index contributed by atoms with van der Waals surface area (Å²) >= 11 is 0. The van der Waals surface area contributed by atoms with Crippen molar-refractivity contribution in [2.45, 2.75) is 19.4 Å². The summed E-state index contributed by atoms with van der Waals surface area (Å²) in [5.74, 6) is 5.35. The number of fused-ring (bicyclic) bond motifs is 1. The zero-order chi connectivity index (χ0) is 21.7. The molecule has 0 bridgehead atoms. The maximum Gasteiger partial charge on any atom is 0.266 e. The highest BCUT2D eigenvalue weighted by atomic mass is 19.1. The van der Waals surface area contributed by atoms with Gasteiger partial charge in [0, 0.05) is 18.7 Å². The van der Waals surface area contributed by atoms with Crippen molar-refractivity contribution in [3.05, 3.63) is 89.3 Å². The monoisotopic (exact) mass is 406 g/mol. The highest BCUT2D eigenvalue weighted by Gasteiger charge is 2.17. The predicted octanol–water partition coefficient (Wildman–Crippen LogP) is 3.82. The van der Waals surface area contributed by atoms with Crippen molar-refractivity contribution in [3.63, 3.8) is 0 Å². The fraction of sp³-hybridized carbons (Fsp3) is 0.174. The van der Waals surface area contributed by atoms with Crippen LogP contribution in [0.25, 0.3) is 16.6 Å². The van der Waals surface area contributed by atoms with Gasteiger partial charge in [-0.3, -0.25) is 9.36 Å². The van der Waals surface area contributed by atoms with Crippen LogP contribution in [0.2, 0.25) is 0 Å². The Labute approximate surface area is 172 Å². The lowest BCUT2D eigenvalue weighted by Gasteiger charge is -2.19. The number of benzene rings is 1. The summed E-state index contributed by atoms with van der Waals surface area (Å²) in [6.07, 6.45) is 3.08. The molecule has 30 heavy (non-hydrogen) atoms. The Bertz CT molecular complexity index is 1220. The van der Waals surface area contributed by atoms with Crippen molar-refractivity contribution >= 4 is 16.6 Å². The number of allylic oxidation sites excluding steroid dienone is 2. The Morgan fingerprint density at radius 2 is 2.07 bits per heavy atom. The molecule has 0 fully saturated rings. The van der Waals surface area contributed by atoms with Crippen LogP contribution in [0.1, 0.15) is 30.9 Å². The quantitative estimate of drug-likeness (QED) is 0.384. The topological polar surface area (TPSA) is 59.8 Å². The first-order valence-corrected chi connectivity index (χ1v) is 9.28. The molecule has 0 aliphatic heterocycles. The number of pyridine rings is 1. The van der Waals surface area contributed by atoms with Gasteiger partial charge in [0.25, 0.3) is 5.56 Å². The van der Waals surface area contributed by atoms with Gasteiger partial charge in [-0.25, -0.2) is 18.7 Å². The molecule has 0 amide bonds. The minimum atomic E-state index is -0.509. The smallest absolute Gasteiger partial charge is 0.266 e. The first-order valence-electron chi connectivity index (χ1n) is 9.28. The first-order chi connectivity index (χ1) is 14.4. The molecule has 0 saturated carbocycles. The molecule has 0 spiro atoms. The summed E-state index contributed by atoms with van der Waals surface area (Å²) in [5, 5.41) is 3.44. The number of nitrogens with zero attached hydrogens (tertiary/aromatic N) is 3. The third-order valence-electron chi connectivity index (χ3n) is 4.41. The summed E-state index contributed by atoms with van der Waals surface area (Å²) < 4.78 is 27.8. The van der Waals surface area contributed by atoms with Gasteiger partial charge in [0.15, 0.2) is 0 Å². The van der Waals surface area contributed by atoms with Gasteiger partial charge in [-0.05, 0) is 49.3 Å². The number of hydrogen-bond donors (Lipinski definition) is 1. The lowest BCUT2D eigenvalue weighted by molar-refractivity contribution is 0.543. The number of halogens is 2. The molecule has 1 atom stereocenters. The van der Waals surface area contributed by atoms with Crippen LogP contribution in [0.5, 0.6) is 0 Å². The Hall–Kier alpha value is -3.63. The van der Waals surface area contributed by atoms with Gasteiger partial charge in [0.2, 0.25) is 0 Å². The van der Waals surface area contributed by atoms with Crippen LogP contribution in [0.15, 0.2) is 60.6 Å². The zero-order valence-corrected chi connectivity index (χ0v) is 16.5. The second-order valence-electron chi connectivity index (χ2n) is 6.56. The van der Waals surface area contributed by atoms with Crippen molar-refractivity contribution in [1.29, 1.82) is 0 Å². The van der Waals surface area contributed by atoms with Crippen molar-refractivity contribution < 1.29 is 8.78 Å². The van der Waals surface area contributed by atoms with E-state index in [0.717, 1.165) is 6.20 Å². The largest absolute Gasteiger partial charge is 0.307 e. The van der Waals surface area contributed by atoms with E-state index in [0.29, 0.717) is 35.7 Å². The lowest BCUT2D eigenvalue weighted by atomic mass is 10.2. The molecule has 0 aliphatic carbocycles. The minimum absolute atomic E-state index is 0.173. The van der Waals surface area contributed by atoms with E-state index in [-0.39, 0.29) is 11.4 Å². The van der Waals surface area contributed by atoms with Crippen LogP contribution < -0.4 is 10.9 Å². The van der Waals surface area contributed by atoms with Crippen LogP contribution in [-0.4, -0.2) is 21.1 Å². The first kappa shape index (κ1) is 21.1. The summed E-state index contributed by atoms with van der Waals surface area (Å²) in [5.41, 5.74) is 0.837. The Balaban J connectivity index is 1.80. The van der Waals surface area contributed by atoms with Crippen LogP contribution in [0.4, 0.5) is 8.78 Å². The molecule has 5 nitrogen and oxygen atoms in total. The van der Waals surface area contributed by atoms with Gasteiger partial charge in [0.1, 0.15) is 23.2 Å². The van der Waals surface area contributed by atoms with Crippen LogP contribution >= 0.6 is 0 Å². The molecule has 1 unspecified atom stereocenters. The minimum Gasteiger partial charge on any atom is -0.307 e. The highest BCUT2D eigenvalue weighted by Crippen LogP contribution is 2.17. The van der Waals surface area contributed by atoms with E-state index in [4.69, 9.17) is 0 Å². The molecule has 0 radical (unpaired) electrons. The molecular weight excluding hydrogens is 386 g/mol. The summed E-state index contributed by atoms with van der Waals surface area (Å²) in [6.45, 7) is 9.90. The molecule has 0 aliphatic rings. The molecule has 3 rings (SSSR count). The number of nitrogens with one attached hydrogen (secondary N) is 1. The number of rotatable bonds is 6. The second-order valence-corrected chi connectivity index (χ2v) is 6.56. The average molecular weight is 406 g/mol. The average Bonchev–Trinajstić information content (AvgIpc) is 2.74. The van der Waals surface area contributed by atoms with Gasteiger partial charge < -0.3 is 5.32 Å². The lowest BCUT2D eigenvalue weighted by Crippen LogP contribution is -2.30. The van der Waals surface area contributed by atoms with E-state index >= 15 is 0 Å². The van der Waals surface area contributed by atoms with Crippen molar-refractivity contribution in [1.82, 2.24) is 19.9 Å². The number of hydrogen-bond acceptors (Lipinski definition) is 4. The van der Waals surface area contributed by atoms with E-state index in [1.54, 1.807) is 0 Å². The van der Waals surface area contributed by atoms with Crippen LogP contribution in [0.3, 0.4) is 0 Å². The third-order valence-corrected chi connectivity index (χ3v) is 4.41. The molecule has 1 aromatic carbocycles. The zero-order valence-electron chi connectivity index (χ0n) is 16.5. The third kappa shape index (κ3) is 4.67. The van der Waals surface area contributed by atoms with Gasteiger partial charge >= 0.3 is 0 Å². The van der Waals surface area contributed by atoms with Crippen molar-refractivity contribution in [2.75, 3.05) is 6.54 Å². The molecule has 1 N–H and O–H groups in total. The maximum atomic E-state index is 13.6. The van der Waals surface area contributed by atoms with E-state index in [1.165, 1.54) is 41.0 Å². The molecular formula is C23H20F2N4O. The summed E-state index contributed by atoms with van der Waals surface area (Å²) in [4.78, 5) is 21.4. The molecule has 0 saturated heterocycles. The standard InChI is InChI=1S/C23H20F2N4O/c1-4-15(2)29-22(28-21-11-9-17(24)13-20(21)23(29)30)16(3)26-12-6-5-7-19-10-8-18(25)14-27-19/h4,8-11,13-14,16,26H,1-2,6,12H2,3H3. The SMILES string of the molecule is C=CC(=C)n1c(C(C)NCCC#Cc2ccc(F)cn2)nc2ccc(F)cc2c1=O. The normalized spacial score (nSPS) is 11.6. The van der Waals surface area contributed by atoms with Gasteiger partial charge in [0.05, 0.1) is 23.1 Å². The summed E-state index contributed by atoms with van der Waals surface area (Å²) in [6, 6.07) is 6.42. The van der Waals surface area contributed by atoms with Crippen LogP contribution in [-0.2, 0) is 0 Å². The van der Waals surface area contributed by atoms with E-state index in [1.807, 2.05) is 6.92 Å². The molecule has 3 aromatic rings. The fourth-order valence-corrected chi connectivity index (χ4v) is 2.88. The highest BCUT2D eigenvalue weighted by molar-refractivity contribution is 5.78. The molecule has 2 aromatic heterocycles. The molecule has 2 heterocycles. The fourth-order valence-electron chi connectivity index (χ4n) is 2.88. The van der Waals surface area contributed by atoms with E-state index in [9.17, 15) is 13.6 Å².